The van der Waals surface area contributed by atoms with Gasteiger partial charge in [0.05, 0.1) is 0 Å². The second kappa shape index (κ2) is 5.04. The zero-order valence-corrected chi connectivity index (χ0v) is 10.3. The van der Waals surface area contributed by atoms with Gasteiger partial charge >= 0.3 is 0 Å². The highest BCUT2D eigenvalue weighted by atomic mass is 16.2. The number of hydrogen-bond acceptors (Lipinski definition) is 2. The van der Waals surface area contributed by atoms with E-state index < -0.39 is 0 Å². The number of carbonyl (C=O) groups is 2. The lowest BCUT2D eigenvalue weighted by atomic mass is 10.2. The third-order valence-electron chi connectivity index (χ3n) is 2.96. The number of rotatable bonds is 4. The van der Waals surface area contributed by atoms with Gasteiger partial charge in [-0.2, -0.15) is 0 Å². The van der Waals surface area contributed by atoms with E-state index in [0.29, 0.717) is 5.69 Å². The second-order valence-corrected chi connectivity index (χ2v) is 4.41. The van der Waals surface area contributed by atoms with E-state index in [4.69, 9.17) is 0 Å². The number of nitrogens with zero attached hydrogens (tertiary/aromatic N) is 1. The molecule has 2 amide bonds. The molecule has 1 fully saturated rings. The summed E-state index contributed by atoms with van der Waals surface area (Å²) in [6.45, 7) is 3.39. The van der Waals surface area contributed by atoms with Crippen LogP contribution in [-0.2, 0) is 9.59 Å². The average molecular weight is 244 g/mol. The van der Waals surface area contributed by atoms with Crippen LogP contribution in [0.3, 0.4) is 0 Å². The standard InChI is InChI=1S/C14H16N2O2/c1-3-13(17)15-11-6-8-12(9-7-11)16(2)14(18)10-4-5-10/h3,6-10H,1,4-5H2,2H3,(H,15,17). The molecule has 0 saturated heterocycles. The number of hydrogen-bond donors (Lipinski definition) is 1. The van der Waals surface area contributed by atoms with E-state index >= 15 is 0 Å². The normalized spacial score (nSPS) is 13.8. The number of benzene rings is 1. The molecule has 1 aromatic rings. The molecular weight excluding hydrogens is 228 g/mol. The molecule has 0 aliphatic heterocycles. The van der Waals surface area contributed by atoms with E-state index in [9.17, 15) is 9.59 Å². The summed E-state index contributed by atoms with van der Waals surface area (Å²) in [6.07, 6.45) is 3.21. The summed E-state index contributed by atoms with van der Waals surface area (Å²) >= 11 is 0. The minimum absolute atomic E-state index is 0.165. The molecule has 18 heavy (non-hydrogen) atoms. The second-order valence-electron chi connectivity index (χ2n) is 4.41. The van der Waals surface area contributed by atoms with Crippen LogP contribution in [-0.4, -0.2) is 18.9 Å². The summed E-state index contributed by atoms with van der Waals surface area (Å²) < 4.78 is 0. The Morgan fingerprint density at radius 1 is 1.33 bits per heavy atom. The monoisotopic (exact) mass is 244 g/mol. The minimum atomic E-state index is -0.245. The van der Waals surface area contributed by atoms with E-state index in [0.717, 1.165) is 18.5 Å². The topological polar surface area (TPSA) is 49.4 Å². The first kappa shape index (κ1) is 12.4. The van der Waals surface area contributed by atoms with Crippen LogP contribution in [0.15, 0.2) is 36.9 Å². The molecule has 0 radical (unpaired) electrons. The summed E-state index contributed by atoms with van der Waals surface area (Å²) in [5, 5.41) is 2.66. The van der Waals surface area contributed by atoms with Crippen molar-refractivity contribution in [3.8, 4) is 0 Å². The quantitative estimate of drug-likeness (QED) is 0.825. The van der Waals surface area contributed by atoms with E-state index in [1.165, 1.54) is 6.08 Å². The molecule has 2 rings (SSSR count). The van der Waals surface area contributed by atoms with Crippen LogP contribution < -0.4 is 10.2 Å². The SMILES string of the molecule is C=CC(=O)Nc1ccc(N(C)C(=O)C2CC2)cc1. The predicted molar refractivity (Wildman–Crippen MR) is 71.4 cm³/mol. The number of nitrogens with one attached hydrogen (secondary N) is 1. The number of anilines is 2. The Kier molecular flexibility index (Phi) is 3.46. The summed E-state index contributed by atoms with van der Waals surface area (Å²) in [4.78, 5) is 24.6. The largest absolute Gasteiger partial charge is 0.323 e. The van der Waals surface area contributed by atoms with Crippen molar-refractivity contribution in [2.24, 2.45) is 5.92 Å². The van der Waals surface area contributed by atoms with Crippen molar-refractivity contribution < 1.29 is 9.59 Å². The van der Waals surface area contributed by atoms with Gasteiger partial charge in [-0.1, -0.05) is 6.58 Å². The maximum Gasteiger partial charge on any atom is 0.247 e. The van der Waals surface area contributed by atoms with E-state index in [2.05, 4.69) is 11.9 Å². The molecule has 0 aromatic heterocycles. The first-order valence-electron chi connectivity index (χ1n) is 5.93. The summed E-state index contributed by atoms with van der Waals surface area (Å²) in [5.41, 5.74) is 1.53. The van der Waals surface area contributed by atoms with Crippen molar-refractivity contribution in [3.05, 3.63) is 36.9 Å². The Labute approximate surface area is 106 Å². The molecule has 1 aromatic carbocycles. The molecule has 4 heteroatoms. The smallest absolute Gasteiger partial charge is 0.247 e. The van der Waals surface area contributed by atoms with Crippen LogP contribution in [0.1, 0.15) is 12.8 Å². The summed E-state index contributed by atoms with van der Waals surface area (Å²) in [6, 6.07) is 7.18. The summed E-state index contributed by atoms with van der Waals surface area (Å²) in [7, 11) is 1.78. The third-order valence-corrected chi connectivity index (χ3v) is 2.96. The molecule has 0 heterocycles. The Morgan fingerprint density at radius 3 is 2.44 bits per heavy atom. The van der Waals surface area contributed by atoms with Crippen molar-refractivity contribution in [2.75, 3.05) is 17.3 Å². The molecule has 1 N–H and O–H groups in total. The van der Waals surface area contributed by atoms with Gasteiger partial charge in [-0.05, 0) is 43.2 Å². The summed E-state index contributed by atoms with van der Waals surface area (Å²) in [5.74, 6) is 0.123. The first-order chi connectivity index (χ1) is 8.61. The fourth-order valence-electron chi connectivity index (χ4n) is 1.69. The van der Waals surface area contributed by atoms with Gasteiger partial charge < -0.3 is 10.2 Å². The van der Waals surface area contributed by atoms with Crippen LogP contribution in [0, 0.1) is 5.92 Å². The van der Waals surface area contributed by atoms with Crippen LogP contribution >= 0.6 is 0 Å². The van der Waals surface area contributed by atoms with Crippen molar-refractivity contribution in [2.45, 2.75) is 12.8 Å². The van der Waals surface area contributed by atoms with E-state index in [-0.39, 0.29) is 17.7 Å². The zero-order valence-electron chi connectivity index (χ0n) is 10.3. The highest BCUT2D eigenvalue weighted by Crippen LogP contribution is 2.32. The molecule has 0 bridgehead atoms. The molecular formula is C14H16N2O2. The van der Waals surface area contributed by atoms with Gasteiger partial charge in [0.15, 0.2) is 0 Å². The van der Waals surface area contributed by atoms with Crippen LogP contribution in [0.5, 0.6) is 0 Å². The molecule has 4 nitrogen and oxygen atoms in total. The molecule has 1 aliphatic rings. The lowest BCUT2D eigenvalue weighted by molar-refractivity contribution is -0.119. The fraction of sp³-hybridized carbons (Fsp3) is 0.286. The number of carbonyl (C=O) groups excluding carboxylic acids is 2. The van der Waals surface area contributed by atoms with Gasteiger partial charge in [0.2, 0.25) is 11.8 Å². The van der Waals surface area contributed by atoms with Crippen molar-refractivity contribution in [1.82, 2.24) is 0 Å². The first-order valence-corrected chi connectivity index (χ1v) is 5.93. The van der Waals surface area contributed by atoms with Crippen LogP contribution in [0.4, 0.5) is 11.4 Å². The molecule has 1 aliphatic carbocycles. The molecule has 94 valence electrons. The van der Waals surface area contributed by atoms with Gasteiger partial charge in [0, 0.05) is 24.3 Å². The molecule has 0 atom stereocenters. The van der Waals surface area contributed by atoms with Gasteiger partial charge in [-0.3, -0.25) is 9.59 Å². The fourth-order valence-corrected chi connectivity index (χ4v) is 1.69. The average Bonchev–Trinajstić information content (AvgIpc) is 3.22. The van der Waals surface area contributed by atoms with Gasteiger partial charge in [-0.15, -0.1) is 0 Å². The van der Waals surface area contributed by atoms with Crippen molar-refractivity contribution in [1.29, 1.82) is 0 Å². The maximum atomic E-state index is 11.9. The Bertz CT molecular complexity index is 475. The van der Waals surface area contributed by atoms with E-state index in [1.54, 1.807) is 24.1 Å². The highest BCUT2D eigenvalue weighted by Gasteiger charge is 2.32. The lowest BCUT2D eigenvalue weighted by Gasteiger charge is -2.17. The highest BCUT2D eigenvalue weighted by molar-refractivity contribution is 5.99. The molecule has 0 spiro atoms. The van der Waals surface area contributed by atoms with Crippen molar-refractivity contribution >= 4 is 23.2 Å². The van der Waals surface area contributed by atoms with Crippen LogP contribution in [0.25, 0.3) is 0 Å². The predicted octanol–water partition coefficient (Wildman–Crippen LogP) is 2.18. The Hall–Kier alpha value is -2.10. The number of amides is 2. The molecule has 0 unspecified atom stereocenters. The lowest BCUT2D eigenvalue weighted by Crippen LogP contribution is -2.27. The zero-order chi connectivity index (χ0) is 13.1. The van der Waals surface area contributed by atoms with Gasteiger partial charge in [-0.25, -0.2) is 0 Å². The van der Waals surface area contributed by atoms with Crippen molar-refractivity contribution in [3.63, 3.8) is 0 Å². The molecule has 1 saturated carbocycles. The van der Waals surface area contributed by atoms with Crippen LogP contribution in [0.2, 0.25) is 0 Å². The Balaban J connectivity index is 2.04. The third kappa shape index (κ3) is 2.77. The van der Waals surface area contributed by atoms with Gasteiger partial charge in [0.25, 0.3) is 0 Å². The van der Waals surface area contributed by atoms with E-state index in [1.807, 2.05) is 12.1 Å². The minimum Gasteiger partial charge on any atom is -0.323 e. The van der Waals surface area contributed by atoms with Gasteiger partial charge in [0.1, 0.15) is 0 Å². The maximum absolute atomic E-state index is 11.9. The Morgan fingerprint density at radius 2 is 1.94 bits per heavy atom.